The second-order valence-corrected chi connectivity index (χ2v) is 6.70. The lowest BCUT2D eigenvalue weighted by atomic mass is 9.97. The van der Waals surface area contributed by atoms with Crippen LogP contribution in [0.2, 0.25) is 0 Å². The van der Waals surface area contributed by atoms with E-state index in [4.69, 9.17) is 0 Å². The predicted octanol–water partition coefficient (Wildman–Crippen LogP) is 2.81. The number of amides is 1. The highest BCUT2D eigenvalue weighted by Crippen LogP contribution is 2.29. The Labute approximate surface area is 122 Å². The average molecular weight is 292 g/mol. The molecule has 6 heteroatoms. The van der Waals surface area contributed by atoms with E-state index in [2.05, 4.69) is 24.0 Å². The van der Waals surface area contributed by atoms with E-state index in [0.29, 0.717) is 12.1 Å². The van der Waals surface area contributed by atoms with Crippen molar-refractivity contribution < 1.29 is 4.79 Å². The van der Waals surface area contributed by atoms with Crippen molar-refractivity contribution in [3.8, 4) is 0 Å². The molecule has 108 valence electrons. The van der Waals surface area contributed by atoms with Crippen molar-refractivity contribution in [3.63, 3.8) is 0 Å². The molecule has 0 aliphatic carbocycles. The molecule has 2 unspecified atom stereocenters. The predicted molar refractivity (Wildman–Crippen MR) is 79.3 cm³/mol. The minimum absolute atomic E-state index is 0.150. The maximum absolute atomic E-state index is 12.9. The van der Waals surface area contributed by atoms with E-state index in [1.165, 1.54) is 17.8 Å². The van der Waals surface area contributed by atoms with Crippen LogP contribution >= 0.6 is 11.3 Å². The number of fused-ring (bicyclic) bond motifs is 1. The van der Waals surface area contributed by atoms with Crippen LogP contribution in [0.15, 0.2) is 0 Å². The third-order valence-corrected chi connectivity index (χ3v) is 5.40. The highest BCUT2D eigenvalue weighted by Gasteiger charge is 2.32. The van der Waals surface area contributed by atoms with Gasteiger partial charge in [-0.15, -0.1) is 10.2 Å². The third-order valence-electron chi connectivity index (χ3n) is 4.27. The number of likely N-dealkylation sites (tertiary alicyclic amines) is 1. The second kappa shape index (κ2) is 4.84. The van der Waals surface area contributed by atoms with Gasteiger partial charge >= 0.3 is 0 Å². The van der Waals surface area contributed by atoms with Gasteiger partial charge in [0.05, 0.1) is 0 Å². The van der Waals surface area contributed by atoms with Crippen molar-refractivity contribution in [2.24, 2.45) is 0 Å². The fourth-order valence-corrected chi connectivity index (χ4v) is 4.26. The van der Waals surface area contributed by atoms with Gasteiger partial charge in [-0.05, 0) is 47.0 Å². The molecule has 0 spiro atoms. The zero-order valence-electron chi connectivity index (χ0n) is 12.4. The van der Waals surface area contributed by atoms with E-state index in [-0.39, 0.29) is 5.91 Å². The molecule has 1 aliphatic heterocycles. The van der Waals surface area contributed by atoms with Gasteiger partial charge in [-0.3, -0.25) is 9.20 Å². The fourth-order valence-electron chi connectivity index (χ4n) is 3.20. The van der Waals surface area contributed by atoms with Crippen molar-refractivity contribution in [3.05, 3.63) is 16.4 Å². The number of aromatic nitrogens is 3. The van der Waals surface area contributed by atoms with E-state index in [9.17, 15) is 4.79 Å². The zero-order valence-corrected chi connectivity index (χ0v) is 13.2. The molecule has 0 N–H and O–H groups in total. The number of aryl methyl sites for hydroxylation is 2. The molecule has 20 heavy (non-hydrogen) atoms. The van der Waals surface area contributed by atoms with E-state index in [0.717, 1.165) is 34.2 Å². The fraction of sp³-hybridized carbons (Fsp3) is 0.643. The number of piperidine rings is 1. The second-order valence-electron chi connectivity index (χ2n) is 5.72. The molecular weight excluding hydrogens is 272 g/mol. The largest absolute Gasteiger partial charge is 0.332 e. The Balaban J connectivity index is 2.01. The summed E-state index contributed by atoms with van der Waals surface area (Å²) in [6.45, 7) is 8.19. The molecule has 0 radical (unpaired) electrons. The smallest absolute Gasteiger partial charge is 0.266 e. The number of thiazole rings is 1. The van der Waals surface area contributed by atoms with Crippen LogP contribution in [0.25, 0.3) is 4.96 Å². The van der Waals surface area contributed by atoms with Crippen LogP contribution in [-0.2, 0) is 0 Å². The van der Waals surface area contributed by atoms with Gasteiger partial charge in [0.15, 0.2) is 0 Å². The Kier molecular flexibility index (Phi) is 3.28. The van der Waals surface area contributed by atoms with Gasteiger partial charge in [0, 0.05) is 17.8 Å². The molecule has 0 saturated carbocycles. The van der Waals surface area contributed by atoms with Crippen molar-refractivity contribution in [1.29, 1.82) is 0 Å². The van der Waals surface area contributed by atoms with E-state index in [1.807, 2.05) is 23.1 Å². The first-order valence-corrected chi connectivity index (χ1v) is 7.96. The maximum atomic E-state index is 12.9. The molecule has 2 atom stereocenters. The van der Waals surface area contributed by atoms with Crippen LogP contribution in [0.5, 0.6) is 0 Å². The molecule has 0 aromatic carbocycles. The molecule has 1 aliphatic rings. The summed E-state index contributed by atoms with van der Waals surface area (Å²) in [6, 6.07) is 0.638. The lowest BCUT2D eigenvalue weighted by Gasteiger charge is -2.38. The Bertz CT molecular complexity index is 649. The Morgan fingerprint density at radius 2 is 1.85 bits per heavy atom. The molecule has 1 fully saturated rings. The van der Waals surface area contributed by atoms with Crippen LogP contribution in [-0.4, -0.2) is 37.5 Å². The van der Waals surface area contributed by atoms with Crippen molar-refractivity contribution in [2.45, 2.75) is 59.0 Å². The molecule has 2 aromatic heterocycles. The van der Waals surface area contributed by atoms with Gasteiger partial charge < -0.3 is 4.90 Å². The molecule has 1 amide bonds. The number of carbonyl (C=O) groups is 1. The van der Waals surface area contributed by atoms with Gasteiger partial charge in [-0.1, -0.05) is 11.3 Å². The number of hydrogen-bond donors (Lipinski definition) is 0. The Morgan fingerprint density at radius 1 is 1.20 bits per heavy atom. The summed E-state index contributed by atoms with van der Waals surface area (Å²) < 4.78 is 1.97. The van der Waals surface area contributed by atoms with Crippen molar-refractivity contribution in [2.75, 3.05) is 0 Å². The summed E-state index contributed by atoms with van der Waals surface area (Å²) in [5, 5.41) is 8.18. The molecule has 3 heterocycles. The monoisotopic (exact) mass is 292 g/mol. The summed E-state index contributed by atoms with van der Waals surface area (Å²) in [5.41, 5.74) is 0.961. The normalized spacial score (nSPS) is 23.5. The number of carbonyl (C=O) groups excluding carboxylic acids is 1. The molecular formula is C14H20N4OS. The van der Waals surface area contributed by atoms with E-state index in [1.54, 1.807) is 0 Å². The summed E-state index contributed by atoms with van der Waals surface area (Å²) in [7, 11) is 0. The first kappa shape index (κ1) is 13.5. The summed E-state index contributed by atoms with van der Waals surface area (Å²) in [5.74, 6) is 0.990. The summed E-state index contributed by atoms with van der Waals surface area (Å²) in [6.07, 6.45) is 3.40. The van der Waals surface area contributed by atoms with Crippen LogP contribution in [0, 0.1) is 13.8 Å². The van der Waals surface area contributed by atoms with Crippen LogP contribution < -0.4 is 0 Å². The molecule has 1 saturated heterocycles. The Hall–Kier alpha value is -1.43. The highest BCUT2D eigenvalue weighted by atomic mass is 32.1. The first-order valence-electron chi connectivity index (χ1n) is 7.14. The van der Waals surface area contributed by atoms with Gasteiger partial charge in [-0.2, -0.15) is 0 Å². The van der Waals surface area contributed by atoms with Crippen molar-refractivity contribution >= 4 is 22.2 Å². The van der Waals surface area contributed by atoms with E-state index >= 15 is 0 Å². The summed E-state index contributed by atoms with van der Waals surface area (Å²) in [4.78, 5) is 16.6. The lowest BCUT2D eigenvalue weighted by Crippen LogP contribution is -2.47. The lowest BCUT2D eigenvalue weighted by molar-refractivity contribution is 0.0515. The quantitative estimate of drug-likeness (QED) is 0.812. The highest BCUT2D eigenvalue weighted by molar-refractivity contribution is 7.19. The topological polar surface area (TPSA) is 50.5 Å². The van der Waals surface area contributed by atoms with Gasteiger partial charge in [0.25, 0.3) is 5.91 Å². The zero-order chi connectivity index (χ0) is 14.4. The van der Waals surface area contributed by atoms with Crippen LogP contribution in [0.1, 0.15) is 54.3 Å². The van der Waals surface area contributed by atoms with Crippen molar-refractivity contribution in [1.82, 2.24) is 19.5 Å². The molecule has 0 bridgehead atoms. The number of rotatable bonds is 1. The summed E-state index contributed by atoms with van der Waals surface area (Å²) >= 11 is 1.45. The third kappa shape index (κ3) is 1.93. The number of nitrogens with zero attached hydrogens (tertiary/aromatic N) is 4. The average Bonchev–Trinajstić information content (AvgIpc) is 2.91. The minimum Gasteiger partial charge on any atom is -0.332 e. The van der Waals surface area contributed by atoms with E-state index < -0.39 is 0 Å². The molecule has 2 aromatic rings. The van der Waals surface area contributed by atoms with Gasteiger partial charge in [-0.25, -0.2) is 0 Å². The minimum atomic E-state index is 0.150. The first-order chi connectivity index (χ1) is 9.50. The van der Waals surface area contributed by atoms with Gasteiger partial charge in [0.1, 0.15) is 10.7 Å². The van der Waals surface area contributed by atoms with Crippen LogP contribution in [0.3, 0.4) is 0 Å². The SMILES string of the molecule is Cc1nnc2sc(C(=O)N3C(C)CCCC3C)c(C)n12. The Morgan fingerprint density at radius 3 is 2.45 bits per heavy atom. The molecule has 3 rings (SSSR count). The van der Waals surface area contributed by atoms with Crippen LogP contribution in [0.4, 0.5) is 0 Å². The maximum Gasteiger partial charge on any atom is 0.266 e. The number of hydrogen-bond acceptors (Lipinski definition) is 4. The van der Waals surface area contributed by atoms with Gasteiger partial charge in [0.2, 0.25) is 4.96 Å². The molecule has 5 nitrogen and oxygen atoms in total. The standard InChI is InChI=1S/C14H20N4OS/c1-8-6-5-7-9(2)17(8)13(19)12-10(3)18-11(4)15-16-14(18)20-12/h8-9H,5-7H2,1-4H3.